The second-order valence-electron chi connectivity index (χ2n) is 4.47. The van der Waals surface area contributed by atoms with Gasteiger partial charge in [-0.25, -0.2) is 0 Å². The Bertz CT molecular complexity index is 580. The maximum absolute atomic E-state index is 11.5. The lowest BCUT2D eigenvalue weighted by Gasteiger charge is -2.08. The van der Waals surface area contributed by atoms with Crippen LogP contribution in [-0.2, 0) is 14.4 Å². The summed E-state index contributed by atoms with van der Waals surface area (Å²) >= 11 is 11.7. The SMILES string of the molecule is O=C(O)CNC(=O)CNC(=O)CCCOc1ccc(Cl)cc1Cl. The van der Waals surface area contributed by atoms with Gasteiger partial charge in [0.2, 0.25) is 11.8 Å². The standard InChI is InChI=1S/C14H16Cl2N2O5/c15-9-3-4-11(10(16)6-9)23-5-1-2-12(19)17-7-13(20)18-8-14(21)22/h3-4,6H,1-2,5,7-8H2,(H,17,19)(H,18,20)(H,21,22). The summed E-state index contributed by atoms with van der Waals surface area (Å²) in [6.45, 7) is -0.472. The van der Waals surface area contributed by atoms with Gasteiger partial charge in [-0.1, -0.05) is 23.2 Å². The van der Waals surface area contributed by atoms with Crippen molar-refractivity contribution in [3.05, 3.63) is 28.2 Å². The van der Waals surface area contributed by atoms with Crippen molar-refractivity contribution in [2.45, 2.75) is 12.8 Å². The molecule has 0 aliphatic rings. The molecule has 9 heteroatoms. The fraction of sp³-hybridized carbons (Fsp3) is 0.357. The molecule has 23 heavy (non-hydrogen) atoms. The third-order valence-electron chi connectivity index (χ3n) is 2.58. The van der Waals surface area contributed by atoms with E-state index in [0.717, 1.165) is 0 Å². The van der Waals surface area contributed by atoms with Gasteiger partial charge in [-0.15, -0.1) is 0 Å². The number of carboxylic acids is 1. The average Bonchev–Trinajstić information content (AvgIpc) is 2.49. The first-order valence-corrected chi connectivity index (χ1v) is 7.47. The van der Waals surface area contributed by atoms with Gasteiger partial charge in [0.15, 0.2) is 0 Å². The fourth-order valence-electron chi connectivity index (χ4n) is 1.51. The first-order valence-electron chi connectivity index (χ1n) is 6.71. The van der Waals surface area contributed by atoms with E-state index in [2.05, 4.69) is 10.6 Å². The first-order chi connectivity index (χ1) is 10.9. The minimum Gasteiger partial charge on any atom is -0.492 e. The van der Waals surface area contributed by atoms with E-state index in [0.29, 0.717) is 22.2 Å². The minimum absolute atomic E-state index is 0.164. The Balaban J connectivity index is 2.16. The van der Waals surface area contributed by atoms with Gasteiger partial charge in [-0.05, 0) is 24.6 Å². The third kappa shape index (κ3) is 8.27. The van der Waals surface area contributed by atoms with Crippen molar-refractivity contribution < 1.29 is 24.2 Å². The molecule has 0 unspecified atom stereocenters. The zero-order valence-electron chi connectivity index (χ0n) is 12.1. The van der Waals surface area contributed by atoms with Gasteiger partial charge in [0.1, 0.15) is 12.3 Å². The molecule has 0 atom stereocenters. The highest BCUT2D eigenvalue weighted by Gasteiger charge is 2.07. The summed E-state index contributed by atoms with van der Waals surface area (Å²) in [5.41, 5.74) is 0. The summed E-state index contributed by atoms with van der Waals surface area (Å²) in [6.07, 6.45) is 0.596. The lowest BCUT2D eigenvalue weighted by molar-refractivity contribution is -0.137. The smallest absolute Gasteiger partial charge is 0.322 e. The third-order valence-corrected chi connectivity index (χ3v) is 3.11. The number of amides is 2. The van der Waals surface area contributed by atoms with Crippen LogP contribution in [0.1, 0.15) is 12.8 Å². The van der Waals surface area contributed by atoms with E-state index < -0.39 is 18.4 Å². The molecule has 1 aromatic carbocycles. The van der Waals surface area contributed by atoms with Gasteiger partial charge in [-0.2, -0.15) is 0 Å². The molecule has 0 aliphatic carbocycles. The van der Waals surface area contributed by atoms with E-state index >= 15 is 0 Å². The number of hydrogen-bond acceptors (Lipinski definition) is 4. The fourth-order valence-corrected chi connectivity index (χ4v) is 1.97. The van der Waals surface area contributed by atoms with Crippen LogP contribution in [0.15, 0.2) is 18.2 Å². The second-order valence-corrected chi connectivity index (χ2v) is 5.32. The Hall–Kier alpha value is -1.99. The Morgan fingerprint density at radius 2 is 1.78 bits per heavy atom. The summed E-state index contributed by atoms with van der Waals surface area (Å²) < 4.78 is 5.42. The molecule has 1 aromatic rings. The van der Waals surface area contributed by atoms with Crippen molar-refractivity contribution in [3.63, 3.8) is 0 Å². The van der Waals surface area contributed by atoms with E-state index in [9.17, 15) is 14.4 Å². The van der Waals surface area contributed by atoms with Gasteiger partial charge in [-0.3, -0.25) is 14.4 Å². The van der Waals surface area contributed by atoms with Crippen LogP contribution in [0.3, 0.4) is 0 Å². The van der Waals surface area contributed by atoms with Crippen LogP contribution in [0.4, 0.5) is 0 Å². The zero-order valence-corrected chi connectivity index (χ0v) is 13.6. The van der Waals surface area contributed by atoms with Gasteiger partial charge < -0.3 is 20.5 Å². The monoisotopic (exact) mass is 362 g/mol. The second kappa shape index (κ2) is 9.91. The summed E-state index contributed by atoms with van der Waals surface area (Å²) in [5, 5.41) is 13.8. The lowest BCUT2D eigenvalue weighted by atomic mass is 10.3. The molecule has 7 nitrogen and oxygen atoms in total. The molecule has 2 amide bonds. The van der Waals surface area contributed by atoms with Crippen LogP contribution in [0.5, 0.6) is 5.75 Å². The predicted octanol–water partition coefficient (Wildman–Crippen LogP) is 1.47. The highest BCUT2D eigenvalue weighted by molar-refractivity contribution is 6.35. The summed E-state index contributed by atoms with van der Waals surface area (Å²) in [5.74, 6) is -1.57. The van der Waals surface area contributed by atoms with Gasteiger partial charge in [0.05, 0.1) is 18.2 Å². The Kier molecular flexibility index (Phi) is 8.21. The molecule has 0 aromatic heterocycles. The quantitative estimate of drug-likeness (QED) is 0.577. The van der Waals surface area contributed by atoms with Gasteiger partial charge in [0, 0.05) is 11.4 Å². The van der Waals surface area contributed by atoms with E-state index in [1.165, 1.54) is 0 Å². The van der Waals surface area contributed by atoms with Crippen LogP contribution in [0.25, 0.3) is 0 Å². The molecule has 0 heterocycles. The highest BCUT2D eigenvalue weighted by Crippen LogP contribution is 2.27. The van der Waals surface area contributed by atoms with Gasteiger partial charge >= 0.3 is 5.97 Å². The van der Waals surface area contributed by atoms with Crippen molar-refractivity contribution >= 4 is 41.0 Å². The molecular weight excluding hydrogens is 347 g/mol. The Morgan fingerprint density at radius 1 is 1.09 bits per heavy atom. The van der Waals surface area contributed by atoms with Crippen LogP contribution in [0, 0.1) is 0 Å². The van der Waals surface area contributed by atoms with E-state index in [1.54, 1.807) is 18.2 Å². The van der Waals surface area contributed by atoms with Crippen molar-refractivity contribution in [2.24, 2.45) is 0 Å². The van der Waals surface area contributed by atoms with E-state index in [-0.39, 0.29) is 25.5 Å². The first kappa shape index (κ1) is 19.1. The molecule has 0 bridgehead atoms. The molecule has 0 saturated heterocycles. The number of ether oxygens (including phenoxy) is 1. The summed E-state index contributed by atoms with van der Waals surface area (Å²) in [6, 6.07) is 4.84. The average molecular weight is 363 g/mol. The number of carbonyl (C=O) groups is 3. The largest absolute Gasteiger partial charge is 0.492 e. The molecule has 0 fully saturated rings. The van der Waals surface area contributed by atoms with Gasteiger partial charge in [0.25, 0.3) is 0 Å². The number of rotatable bonds is 9. The topological polar surface area (TPSA) is 105 Å². The summed E-state index contributed by atoms with van der Waals surface area (Å²) in [4.78, 5) is 32.9. The maximum atomic E-state index is 11.5. The molecule has 0 radical (unpaired) electrons. The molecule has 3 N–H and O–H groups in total. The number of benzene rings is 1. The number of halogens is 2. The molecular formula is C14H16Cl2N2O5. The number of aliphatic carboxylic acids is 1. The van der Waals surface area contributed by atoms with Crippen molar-refractivity contribution in [1.82, 2.24) is 10.6 Å². The predicted molar refractivity (Wildman–Crippen MR) is 84.8 cm³/mol. The summed E-state index contributed by atoms with van der Waals surface area (Å²) in [7, 11) is 0. The van der Waals surface area contributed by atoms with Crippen molar-refractivity contribution in [3.8, 4) is 5.75 Å². The lowest BCUT2D eigenvalue weighted by Crippen LogP contribution is -2.39. The van der Waals surface area contributed by atoms with E-state index in [1.807, 2.05) is 0 Å². The maximum Gasteiger partial charge on any atom is 0.322 e. The normalized spacial score (nSPS) is 10.0. The number of carbonyl (C=O) groups excluding carboxylic acids is 2. The molecule has 1 rings (SSSR count). The molecule has 0 spiro atoms. The molecule has 126 valence electrons. The number of carboxylic acid groups (broad SMARTS) is 1. The number of hydrogen-bond donors (Lipinski definition) is 3. The highest BCUT2D eigenvalue weighted by atomic mass is 35.5. The van der Waals surface area contributed by atoms with E-state index in [4.69, 9.17) is 33.0 Å². The molecule has 0 aliphatic heterocycles. The Labute approximate surface area is 142 Å². The number of nitrogens with one attached hydrogen (secondary N) is 2. The van der Waals surface area contributed by atoms with Crippen molar-refractivity contribution in [1.29, 1.82) is 0 Å². The van der Waals surface area contributed by atoms with Crippen LogP contribution >= 0.6 is 23.2 Å². The minimum atomic E-state index is -1.15. The van der Waals surface area contributed by atoms with Crippen LogP contribution in [0.2, 0.25) is 10.0 Å². The van der Waals surface area contributed by atoms with Crippen molar-refractivity contribution in [2.75, 3.05) is 19.7 Å². The van der Waals surface area contributed by atoms with Crippen LogP contribution in [-0.4, -0.2) is 42.6 Å². The molecule has 0 saturated carbocycles. The Morgan fingerprint density at radius 3 is 2.43 bits per heavy atom. The zero-order chi connectivity index (χ0) is 17.2. The van der Waals surface area contributed by atoms with Crippen LogP contribution < -0.4 is 15.4 Å².